The third kappa shape index (κ3) is 4.30. The Hall–Kier alpha value is -1.73. The van der Waals surface area contributed by atoms with Gasteiger partial charge < -0.3 is 19.8 Å². The molecule has 2 heterocycles. The number of carbonyl (C=O) groups excluding carboxylic acids is 1. The number of likely N-dealkylation sites (N-methyl/N-ethyl adjacent to an activating group) is 1. The average molecular weight is 390 g/mol. The van der Waals surface area contributed by atoms with Gasteiger partial charge in [0, 0.05) is 50.1 Å². The molecule has 0 spiro atoms. The molecular formula is C21H35N5O2. The maximum Gasteiger partial charge on any atom is 0.291 e. The third-order valence-electron chi connectivity index (χ3n) is 6.69. The molecule has 1 aliphatic carbocycles. The van der Waals surface area contributed by atoms with Gasteiger partial charge in [0.25, 0.3) is 5.91 Å². The largest absolute Gasteiger partial charge is 0.396 e. The summed E-state index contributed by atoms with van der Waals surface area (Å²) in [4.78, 5) is 28.7. The van der Waals surface area contributed by atoms with Crippen molar-refractivity contribution in [2.45, 2.75) is 58.0 Å². The summed E-state index contributed by atoms with van der Waals surface area (Å²) in [6, 6.07) is 0.715. The van der Waals surface area contributed by atoms with Gasteiger partial charge in [0.2, 0.25) is 5.82 Å². The molecule has 1 aliphatic heterocycles. The van der Waals surface area contributed by atoms with Crippen molar-refractivity contribution in [3.05, 3.63) is 17.1 Å². The zero-order valence-electron chi connectivity index (χ0n) is 18.0. The number of carbonyl (C=O) groups is 1. The zero-order chi connectivity index (χ0) is 20.4. The van der Waals surface area contributed by atoms with Crippen molar-refractivity contribution in [1.29, 1.82) is 0 Å². The van der Waals surface area contributed by atoms with Crippen molar-refractivity contribution >= 4 is 11.7 Å². The molecule has 3 rings (SSSR count). The van der Waals surface area contributed by atoms with Crippen LogP contribution in [0.1, 0.15) is 54.0 Å². The van der Waals surface area contributed by atoms with E-state index in [0.29, 0.717) is 17.8 Å². The van der Waals surface area contributed by atoms with Gasteiger partial charge in [0.1, 0.15) is 5.82 Å². The van der Waals surface area contributed by atoms with E-state index in [9.17, 15) is 9.90 Å². The lowest BCUT2D eigenvalue weighted by Crippen LogP contribution is -2.41. The highest BCUT2D eigenvalue weighted by molar-refractivity contribution is 5.91. The van der Waals surface area contributed by atoms with Crippen molar-refractivity contribution in [2.75, 3.05) is 45.7 Å². The van der Waals surface area contributed by atoms with E-state index in [0.717, 1.165) is 62.3 Å². The molecule has 0 radical (unpaired) electrons. The first kappa shape index (κ1) is 21.0. The first-order chi connectivity index (χ1) is 13.3. The van der Waals surface area contributed by atoms with Crippen LogP contribution in [0.4, 0.5) is 5.82 Å². The molecule has 0 aromatic carbocycles. The second-order valence-corrected chi connectivity index (χ2v) is 8.71. The summed E-state index contributed by atoms with van der Waals surface area (Å²) in [6.45, 7) is 6.14. The van der Waals surface area contributed by atoms with Crippen molar-refractivity contribution in [2.24, 2.45) is 5.92 Å². The number of hydrogen-bond donors (Lipinski definition) is 1. The molecule has 2 aliphatic rings. The molecule has 2 fully saturated rings. The van der Waals surface area contributed by atoms with Crippen LogP contribution in [0.5, 0.6) is 0 Å². The van der Waals surface area contributed by atoms with Crippen molar-refractivity contribution in [3.8, 4) is 0 Å². The van der Waals surface area contributed by atoms with Gasteiger partial charge in [-0.15, -0.1) is 0 Å². The SMILES string of the molecule is Cc1nc(C(=O)N(C)C2CCC(CO)CC2)nc(N2CC[C@@H](N(C)C)C2)c1C. The standard InChI is InChI=1S/C21H35N5O2/c1-14-15(2)22-19(23-20(14)26-11-10-18(12-26)24(3)4)21(28)25(5)17-8-6-16(13-27)7-9-17/h16-18,27H,6-13H2,1-5H3/t16?,17?,18-/m1/s1. The molecule has 1 amide bonds. The van der Waals surface area contributed by atoms with Crippen LogP contribution in [0.15, 0.2) is 0 Å². The lowest BCUT2D eigenvalue weighted by Gasteiger charge is -2.34. The second-order valence-electron chi connectivity index (χ2n) is 8.71. The van der Waals surface area contributed by atoms with Crippen LogP contribution in [-0.4, -0.2) is 83.7 Å². The number of anilines is 1. The lowest BCUT2D eigenvalue weighted by molar-refractivity contribution is 0.0640. The quantitative estimate of drug-likeness (QED) is 0.829. The van der Waals surface area contributed by atoms with Crippen LogP contribution in [0, 0.1) is 19.8 Å². The number of nitrogens with zero attached hydrogens (tertiary/aromatic N) is 5. The van der Waals surface area contributed by atoms with Crippen LogP contribution >= 0.6 is 0 Å². The molecule has 1 saturated carbocycles. The van der Waals surface area contributed by atoms with Gasteiger partial charge in [-0.2, -0.15) is 0 Å². The summed E-state index contributed by atoms with van der Waals surface area (Å²) in [5.74, 6) is 1.49. The maximum absolute atomic E-state index is 13.1. The highest BCUT2D eigenvalue weighted by Crippen LogP contribution is 2.28. The summed E-state index contributed by atoms with van der Waals surface area (Å²) in [5.41, 5.74) is 1.93. The average Bonchev–Trinajstić information content (AvgIpc) is 3.19. The topological polar surface area (TPSA) is 72.8 Å². The number of aryl methyl sites for hydroxylation is 1. The molecule has 156 valence electrons. The minimum atomic E-state index is -0.0971. The molecule has 1 N–H and O–H groups in total. The third-order valence-corrected chi connectivity index (χ3v) is 6.69. The van der Waals surface area contributed by atoms with E-state index in [1.165, 1.54) is 0 Å². The highest BCUT2D eigenvalue weighted by atomic mass is 16.3. The molecule has 1 atom stereocenters. The number of aliphatic hydroxyl groups excluding tert-OH is 1. The van der Waals surface area contributed by atoms with Crippen LogP contribution in [0.2, 0.25) is 0 Å². The van der Waals surface area contributed by atoms with Crippen LogP contribution < -0.4 is 4.90 Å². The Kier molecular flexibility index (Phi) is 6.55. The monoisotopic (exact) mass is 389 g/mol. The summed E-state index contributed by atoms with van der Waals surface area (Å²) < 4.78 is 0. The van der Waals surface area contributed by atoms with Crippen molar-refractivity contribution in [1.82, 2.24) is 19.8 Å². The summed E-state index contributed by atoms with van der Waals surface area (Å²) in [6.07, 6.45) is 4.91. The van der Waals surface area contributed by atoms with E-state index < -0.39 is 0 Å². The van der Waals surface area contributed by atoms with E-state index in [4.69, 9.17) is 4.98 Å². The Morgan fingerprint density at radius 1 is 1.07 bits per heavy atom. The van der Waals surface area contributed by atoms with Gasteiger partial charge >= 0.3 is 0 Å². The molecule has 1 aromatic rings. The van der Waals surface area contributed by atoms with Gasteiger partial charge in [-0.1, -0.05) is 0 Å². The lowest BCUT2D eigenvalue weighted by atomic mass is 9.86. The van der Waals surface area contributed by atoms with E-state index in [1.807, 2.05) is 25.8 Å². The maximum atomic E-state index is 13.1. The first-order valence-electron chi connectivity index (χ1n) is 10.5. The molecule has 28 heavy (non-hydrogen) atoms. The van der Waals surface area contributed by atoms with E-state index >= 15 is 0 Å². The summed E-state index contributed by atoms with van der Waals surface area (Å²) >= 11 is 0. The first-order valence-corrected chi connectivity index (χ1v) is 10.5. The Morgan fingerprint density at radius 3 is 2.32 bits per heavy atom. The van der Waals surface area contributed by atoms with E-state index in [-0.39, 0.29) is 18.6 Å². The Balaban J connectivity index is 1.77. The summed E-state index contributed by atoms with van der Waals surface area (Å²) in [7, 11) is 6.09. The van der Waals surface area contributed by atoms with E-state index in [1.54, 1.807) is 0 Å². The normalized spacial score (nSPS) is 25.4. The number of amides is 1. The van der Waals surface area contributed by atoms with Gasteiger partial charge in [0.15, 0.2) is 0 Å². The zero-order valence-corrected chi connectivity index (χ0v) is 18.0. The van der Waals surface area contributed by atoms with Gasteiger partial charge in [0.05, 0.1) is 0 Å². The molecule has 0 unspecified atom stereocenters. The van der Waals surface area contributed by atoms with Crippen LogP contribution in [-0.2, 0) is 0 Å². The fraction of sp³-hybridized carbons (Fsp3) is 0.762. The molecule has 1 aromatic heterocycles. The van der Waals surface area contributed by atoms with E-state index in [2.05, 4.69) is 28.9 Å². The fourth-order valence-corrected chi connectivity index (χ4v) is 4.41. The molecule has 7 heteroatoms. The minimum absolute atomic E-state index is 0.0971. The smallest absolute Gasteiger partial charge is 0.291 e. The number of hydrogen-bond acceptors (Lipinski definition) is 6. The van der Waals surface area contributed by atoms with Gasteiger partial charge in [-0.3, -0.25) is 4.79 Å². The minimum Gasteiger partial charge on any atom is -0.396 e. The highest BCUT2D eigenvalue weighted by Gasteiger charge is 2.30. The number of aliphatic hydroxyl groups is 1. The number of aromatic nitrogens is 2. The Labute approximate surface area is 168 Å². The molecule has 7 nitrogen and oxygen atoms in total. The molecule has 1 saturated heterocycles. The van der Waals surface area contributed by atoms with Crippen LogP contribution in [0.25, 0.3) is 0 Å². The predicted octanol–water partition coefficient (Wildman–Crippen LogP) is 1.86. The fourth-order valence-electron chi connectivity index (χ4n) is 4.41. The van der Waals surface area contributed by atoms with Crippen molar-refractivity contribution < 1.29 is 9.90 Å². The Bertz CT molecular complexity index is 700. The Morgan fingerprint density at radius 2 is 1.75 bits per heavy atom. The summed E-state index contributed by atoms with van der Waals surface area (Å²) in [5, 5.41) is 9.34. The van der Waals surface area contributed by atoms with Crippen molar-refractivity contribution in [3.63, 3.8) is 0 Å². The molecule has 0 bridgehead atoms. The predicted molar refractivity (Wildman–Crippen MR) is 111 cm³/mol. The number of rotatable bonds is 5. The van der Waals surface area contributed by atoms with Gasteiger partial charge in [-0.05, 0) is 66.0 Å². The second kappa shape index (κ2) is 8.74. The van der Waals surface area contributed by atoms with Crippen LogP contribution in [0.3, 0.4) is 0 Å². The van der Waals surface area contributed by atoms with Gasteiger partial charge in [-0.25, -0.2) is 9.97 Å². The molecular weight excluding hydrogens is 354 g/mol.